The Bertz CT molecular complexity index is 968. The van der Waals surface area contributed by atoms with Gasteiger partial charge in [0.05, 0.1) is 6.04 Å². The molecule has 6 nitrogen and oxygen atoms in total. The van der Waals surface area contributed by atoms with Crippen LogP contribution in [0, 0.1) is 11.3 Å². The van der Waals surface area contributed by atoms with Gasteiger partial charge in [0.2, 0.25) is 11.8 Å². The Morgan fingerprint density at radius 1 is 1.18 bits per heavy atom. The molecule has 1 aromatic rings. The fraction of sp³-hybridized carbons (Fsp3) is 0.600. The zero-order valence-corrected chi connectivity index (χ0v) is 21.1. The molecule has 0 radical (unpaired) electrons. The first kappa shape index (κ1) is 24.2. The molecule has 1 saturated carbocycles. The van der Waals surface area contributed by atoms with Crippen molar-refractivity contribution < 1.29 is 9.59 Å². The molecular formula is C25H34Cl2N4O2. The van der Waals surface area contributed by atoms with Crippen molar-refractivity contribution in [3.63, 3.8) is 0 Å². The fourth-order valence-electron chi connectivity index (χ4n) is 4.93. The second kappa shape index (κ2) is 9.38. The molecule has 4 rings (SSSR count). The van der Waals surface area contributed by atoms with Crippen molar-refractivity contribution in [2.75, 3.05) is 6.54 Å². The molecule has 2 aliphatic carbocycles. The van der Waals surface area contributed by atoms with E-state index in [4.69, 9.17) is 28.9 Å². The van der Waals surface area contributed by atoms with Crippen molar-refractivity contribution in [1.29, 1.82) is 0 Å². The summed E-state index contributed by atoms with van der Waals surface area (Å²) in [5.41, 5.74) is 8.63. The van der Waals surface area contributed by atoms with Gasteiger partial charge in [-0.15, -0.1) is 0 Å². The third-order valence-electron chi connectivity index (χ3n) is 6.99. The molecule has 0 spiro atoms. The van der Waals surface area contributed by atoms with Crippen molar-refractivity contribution >= 4 is 35.0 Å². The van der Waals surface area contributed by atoms with E-state index in [0.29, 0.717) is 28.9 Å². The monoisotopic (exact) mass is 492 g/mol. The van der Waals surface area contributed by atoms with Gasteiger partial charge in [-0.2, -0.15) is 0 Å². The third kappa shape index (κ3) is 5.27. The van der Waals surface area contributed by atoms with Crippen molar-refractivity contribution in [2.24, 2.45) is 17.1 Å². The first-order valence-corrected chi connectivity index (χ1v) is 12.6. The number of hydrogen-bond acceptors (Lipinski definition) is 4. The SMILES string of the molecule is CC(C)(C)[C@H](N/C=C(\N)C1CC1)C(=O)N1CCC[C@H]1C(=O)NC1CCc2c(Cl)cc(Cl)cc21. The first-order valence-electron chi connectivity index (χ1n) is 11.9. The molecular weight excluding hydrogens is 459 g/mol. The molecule has 2 fully saturated rings. The third-order valence-corrected chi connectivity index (χ3v) is 7.54. The maximum Gasteiger partial charge on any atom is 0.246 e. The summed E-state index contributed by atoms with van der Waals surface area (Å²) in [5, 5.41) is 7.65. The lowest BCUT2D eigenvalue weighted by Gasteiger charge is -2.35. The van der Waals surface area contributed by atoms with Gasteiger partial charge in [0.15, 0.2) is 0 Å². The van der Waals surface area contributed by atoms with E-state index in [9.17, 15) is 9.59 Å². The lowest BCUT2D eigenvalue weighted by molar-refractivity contribution is -0.142. The highest BCUT2D eigenvalue weighted by atomic mass is 35.5. The van der Waals surface area contributed by atoms with Crippen molar-refractivity contribution in [3.05, 3.63) is 45.2 Å². The number of benzene rings is 1. The predicted octanol–water partition coefficient (Wildman–Crippen LogP) is 4.30. The topological polar surface area (TPSA) is 87.5 Å². The number of hydrogen-bond donors (Lipinski definition) is 3. The predicted molar refractivity (Wildman–Crippen MR) is 132 cm³/mol. The highest BCUT2D eigenvalue weighted by Gasteiger charge is 2.42. The summed E-state index contributed by atoms with van der Waals surface area (Å²) >= 11 is 12.6. The minimum atomic E-state index is -0.479. The number of rotatable bonds is 6. The summed E-state index contributed by atoms with van der Waals surface area (Å²) in [6, 6.07) is 2.54. The Labute approximate surface area is 206 Å². The Morgan fingerprint density at radius 2 is 1.91 bits per heavy atom. The molecule has 1 aromatic carbocycles. The summed E-state index contributed by atoms with van der Waals surface area (Å²) in [6.07, 6.45) is 7.04. The van der Waals surface area contributed by atoms with Gasteiger partial charge in [0, 0.05) is 28.5 Å². The van der Waals surface area contributed by atoms with Crippen LogP contribution in [0.3, 0.4) is 0 Å². The first-order chi connectivity index (χ1) is 15.6. The number of nitrogens with zero attached hydrogens (tertiary/aromatic N) is 1. The van der Waals surface area contributed by atoms with E-state index >= 15 is 0 Å². The summed E-state index contributed by atoms with van der Waals surface area (Å²) in [4.78, 5) is 28.7. The van der Waals surface area contributed by atoms with Gasteiger partial charge in [-0.3, -0.25) is 9.59 Å². The number of fused-ring (bicyclic) bond motifs is 1. The van der Waals surface area contributed by atoms with Gasteiger partial charge < -0.3 is 21.3 Å². The second-order valence-electron chi connectivity index (χ2n) is 10.6. The number of carbonyl (C=O) groups is 2. The number of likely N-dealkylation sites (tertiary alicyclic amines) is 1. The molecule has 0 bridgehead atoms. The molecule has 180 valence electrons. The molecule has 3 atom stereocenters. The number of nitrogens with one attached hydrogen (secondary N) is 2. The molecule has 1 heterocycles. The van der Waals surface area contributed by atoms with Crippen LogP contribution in [-0.2, 0) is 16.0 Å². The van der Waals surface area contributed by atoms with Crippen LogP contribution >= 0.6 is 23.2 Å². The number of amides is 2. The van der Waals surface area contributed by atoms with E-state index in [-0.39, 0.29) is 23.3 Å². The number of halogens is 2. The lowest BCUT2D eigenvalue weighted by atomic mass is 9.85. The summed E-state index contributed by atoms with van der Waals surface area (Å²) in [5.74, 6) is 0.253. The van der Waals surface area contributed by atoms with Gasteiger partial charge in [-0.25, -0.2) is 0 Å². The number of allylic oxidation sites excluding steroid dienone is 1. The summed E-state index contributed by atoms with van der Waals surface area (Å²) < 4.78 is 0. The quantitative estimate of drug-likeness (QED) is 0.552. The largest absolute Gasteiger partial charge is 0.401 e. The minimum absolute atomic E-state index is 0.0575. The van der Waals surface area contributed by atoms with Gasteiger partial charge in [0.1, 0.15) is 12.1 Å². The van der Waals surface area contributed by atoms with Crippen LogP contribution in [0.1, 0.15) is 70.0 Å². The minimum Gasteiger partial charge on any atom is -0.401 e. The lowest BCUT2D eigenvalue weighted by Crippen LogP contribution is -2.55. The molecule has 0 aromatic heterocycles. The van der Waals surface area contributed by atoms with Crippen LogP contribution < -0.4 is 16.4 Å². The highest BCUT2D eigenvalue weighted by Crippen LogP contribution is 2.38. The summed E-state index contributed by atoms with van der Waals surface area (Å²) in [6.45, 7) is 6.65. The van der Waals surface area contributed by atoms with Crippen molar-refractivity contribution in [3.8, 4) is 0 Å². The second-order valence-corrected chi connectivity index (χ2v) is 11.5. The van der Waals surface area contributed by atoms with Crippen LogP contribution in [0.4, 0.5) is 0 Å². The zero-order valence-electron chi connectivity index (χ0n) is 19.6. The van der Waals surface area contributed by atoms with E-state index in [1.807, 2.05) is 26.8 Å². The summed E-state index contributed by atoms with van der Waals surface area (Å²) in [7, 11) is 0. The average Bonchev–Trinajstić information content (AvgIpc) is 3.33. The van der Waals surface area contributed by atoms with Gasteiger partial charge >= 0.3 is 0 Å². The van der Waals surface area contributed by atoms with Crippen LogP contribution in [0.25, 0.3) is 0 Å². The molecule has 1 saturated heterocycles. The Hall–Kier alpha value is -1.92. The van der Waals surface area contributed by atoms with Crippen molar-refractivity contribution in [2.45, 2.75) is 77.4 Å². The zero-order chi connectivity index (χ0) is 23.9. The molecule has 33 heavy (non-hydrogen) atoms. The smallest absolute Gasteiger partial charge is 0.246 e. The molecule has 2 amide bonds. The Morgan fingerprint density at radius 3 is 2.58 bits per heavy atom. The van der Waals surface area contributed by atoms with Crippen LogP contribution in [0.2, 0.25) is 10.0 Å². The van der Waals surface area contributed by atoms with E-state index in [1.54, 1.807) is 17.2 Å². The Kier molecular flexibility index (Phi) is 6.88. The van der Waals surface area contributed by atoms with E-state index < -0.39 is 12.1 Å². The average molecular weight is 493 g/mol. The standard InChI is InChI=1S/C25H34Cl2N4O2/c1-25(2,3)22(29-13-19(28)14-6-7-14)24(33)31-10-4-5-21(31)23(32)30-20-9-8-16-17(20)11-15(26)12-18(16)27/h11-14,20-22,29H,4-10,28H2,1-3H3,(H,30,32)/b19-13-/t20?,21-,22+/m0/s1. The van der Waals surface area contributed by atoms with Gasteiger partial charge in [-0.1, -0.05) is 44.0 Å². The van der Waals surface area contributed by atoms with Crippen LogP contribution in [-0.4, -0.2) is 35.3 Å². The van der Waals surface area contributed by atoms with Gasteiger partial charge in [-0.05, 0) is 73.1 Å². The number of carbonyl (C=O) groups excluding carboxylic acids is 2. The van der Waals surface area contributed by atoms with Crippen molar-refractivity contribution in [1.82, 2.24) is 15.5 Å². The van der Waals surface area contributed by atoms with Gasteiger partial charge in [0.25, 0.3) is 0 Å². The maximum atomic E-state index is 13.6. The van der Waals surface area contributed by atoms with E-state index in [2.05, 4.69) is 10.6 Å². The molecule has 4 N–H and O–H groups in total. The fourth-order valence-corrected chi connectivity index (χ4v) is 5.54. The molecule has 8 heteroatoms. The number of nitrogens with two attached hydrogens (primary N) is 1. The van der Waals surface area contributed by atoms with Crippen LogP contribution in [0.15, 0.2) is 24.0 Å². The molecule has 1 unspecified atom stereocenters. The van der Waals surface area contributed by atoms with E-state index in [0.717, 1.165) is 48.9 Å². The normalized spacial score (nSPS) is 23.9. The van der Waals surface area contributed by atoms with E-state index in [1.165, 1.54) is 0 Å². The highest BCUT2D eigenvalue weighted by molar-refractivity contribution is 6.35. The molecule has 3 aliphatic rings. The maximum absolute atomic E-state index is 13.6. The Balaban J connectivity index is 1.47. The molecule has 1 aliphatic heterocycles. The van der Waals surface area contributed by atoms with Crippen LogP contribution in [0.5, 0.6) is 0 Å².